The van der Waals surface area contributed by atoms with Gasteiger partial charge in [0.25, 0.3) is 5.91 Å². The maximum absolute atomic E-state index is 14.7. The molecular formula is C24H26FN3O3. The Balaban J connectivity index is 1.62. The Kier molecular flexibility index (Phi) is 5.93. The molecule has 0 radical (unpaired) electrons. The smallest absolute Gasteiger partial charge is 0.274 e. The number of fused-ring (bicyclic) bond motifs is 1. The quantitative estimate of drug-likeness (QED) is 0.609. The molecule has 1 aliphatic rings. The number of halogens is 1. The van der Waals surface area contributed by atoms with Crippen molar-refractivity contribution >= 4 is 5.91 Å². The number of nitrogens with zero attached hydrogens (tertiary/aromatic N) is 3. The van der Waals surface area contributed by atoms with Gasteiger partial charge in [-0.15, -0.1) is 0 Å². The zero-order valence-electron chi connectivity index (χ0n) is 18.0. The Morgan fingerprint density at radius 2 is 1.94 bits per heavy atom. The summed E-state index contributed by atoms with van der Waals surface area (Å²) in [6.45, 7) is 5.43. The maximum Gasteiger partial charge on any atom is 0.274 e. The molecule has 3 aromatic rings. The van der Waals surface area contributed by atoms with Crippen LogP contribution in [0.1, 0.15) is 36.3 Å². The van der Waals surface area contributed by atoms with Crippen LogP contribution in [-0.2, 0) is 13.6 Å². The second kappa shape index (κ2) is 8.79. The van der Waals surface area contributed by atoms with Crippen LogP contribution in [0.25, 0.3) is 11.1 Å². The van der Waals surface area contributed by atoms with E-state index >= 15 is 0 Å². The van der Waals surface area contributed by atoms with Gasteiger partial charge in [0.1, 0.15) is 11.5 Å². The third kappa shape index (κ3) is 4.55. The van der Waals surface area contributed by atoms with E-state index in [0.717, 1.165) is 12.0 Å². The second-order valence-corrected chi connectivity index (χ2v) is 7.98. The summed E-state index contributed by atoms with van der Waals surface area (Å²) >= 11 is 0. The number of aromatic nitrogens is 2. The van der Waals surface area contributed by atoms with Crippen molar-refractivity contribution in [3.05, 3.63) is 66.0 Å². The van der Waals surface area contributed by atoms with Crippen LogP contribution in [0.4, 0.5) is 4.39 Å². The van der Waals surface area contributed by atoms with E-state index in [2.05, 4.69) is 4.98 Å². The number of carbonyl (C=O) groups excluding carboxylic acids is 1. The van der Waals surface area contributed by atoms with Gasteiger partial charge in [0, 0.05) is 37.8 Å². The van der Waals surface area contributed by atoms with Crippen molar-refractivity contribution in [1.29, 1.82) is 0 Å². The van der Waals surface area contributed by atoms with Crippen molar-refractivity contribution in [1.82, 2.24) is 14.5 Å². The number of rotatable bonds is 5. The van der Waals surface area contributed by atoms with E-state index in [1.807, 2.05) is 39.1 Å². The summed E-state index contributed by atoms with van der Waals surface area (Å²) in [5.41, 5.74) is 2.39. The summed E-state index contributed by atoms with van der Waals surface area (Å²) in [4.78, 5) is 18.9. The Hall–Kier alpha value is -3.35. The lowest BCUT2D eigenvalue weighted by Gasteiger charge is -2.26. The molecule has 0 N–H and O–H groups in total. The minimum Gasteiger partial charge on any atom is -0.490 e. The Bertz CT molecular complexity index is 1090. The molecule has 0 atom stereocenters. The fourth-order valence-corrected chi connectivity index (χ4v) is 3.58. The van der Waals surface area contributed by atoms with Gasteiger partial charge in [0.2, 0.25) is 0 Å². The van der Waals surface area contributed by atoms with Crippen molar-refractivity contribution in [2.24, 2.45) is 7.05 Å². The predicted octanol–water partition coefficient (Wildman–Crippen LogP) is 4.44. The lowest BCUT2D eigenvalue weighted by molar-refractivity contribution is 0.0684. The molecule has 0 saturated heterocycles. The van der Waals surface area contributed by atoms with Crippen LogP contribution in [0.15, 0.2) is 48.9 Å². The van der Waals surface area contributed by atoms with Crippen LogP contribution in [0.3, 0.4) is 0 Å². The van der Waals surface area contributed by atoms with Gasteiger partial charge in [-0.3, -0.25) is 4.79 Å². The molecule has 0 bridgehead atoms. The predicted molar refractivity (Wildman–Crippen MR) is 116 cm³/mol. The molecule has 31 heavy (non-hydrogen) atoms. The van der Waals surface area contributed by atoms with Crippen LogP contribution in [0.5, 0.6) is 11.5 Å². The molecule has 4 rings (SSSR count). The Morgan fingerprint density at radius 1 is 1.16 bits per heavy atom. The number of hydrogen-bond acceptors (Lipinski definition) is 4. The van der Waals surface area contributed by atoms with Crippen molar-refractivity contribution in [3.63, 3.8) is 0 Å². The van der Waals surface area contributed by atoms with E-state index in [0.29, 0.717) is 48.1 Å². The second-order valence-electron chi connectivity index (χ2n) is 7.98. The first-order valence-corrected chi connectivity index (χ1v) is 10.4. The lowest BCUT2D eigenvalue weighted by atomic mass is 10.0. The van der Waals surface area contributed by atoms with E-state index in [1.54, 1.807) is 34.1 Å². The average Bonchev–Trinajstić information content (AvgIpc) is 3.05. The number of imidazole rings is 1. The van der Waals surface area contributed by atoms with Gasteiger partial charge in [-0.05, 0) is 49.2 Å². The number of carbonyl (C=O) groups is 1. The van der Waals surface area contributed by atoms with E-state index < -0.39 is 0 Å². The third-order valence-electron chi connectivity index (χ3n) is 5.25. The Morgan fingerprint density at radius 3 is 2.65 bits per heavy atom. The molecule has 6 nitrogen and oxygen atoms in total. The number of aryl methyl sites for hydroxylation is 1. The van der Waals surface area contributed by atoms with E-state index in [4.69, 9.17) is 9.47 Å². The number of benzene rings is 2. The van der Waals surface area contributed by atoms with E-state index in [1.165, 1.54) is 6.07 Å². The summed E-state index contributed by atoms with van der Waals surface area (Å²) in [5.74, 6) is 0.807. The highest BCUT2D eigenvalue weighted by atomic mass is 19.1. The first-order valence-electron chi connectivity index (χ1n) is 10.4. The summed E-state index contributed by atoms with van der Waals surface area (Å²) in [6, 6.07) is 10.3. The fraction of sp³-hybridized carbons (Fsp3) is 0.333. The fourth-order valence-electron chi connectivity index (χ4n) is 3.58. The average molecular weight is 423 g/mol. The van der Waals surface area contributed by atoms with Gasteiger partial charge in [0.15, 0.2) is 11.5 Å². The highest BCUT2D eigenvalue weighted by Gasteiger charge is 2.22. The molecule has 0 saturated carbocycles. The number of hydrogen-bond donors (Lipinski definition) is 0. The zero-order valence-corrected chi connectivity index (χ0v) is 18.0. The molecule has 1 aliphatic heterocycles. The first-order chi connectivity index (χ1) is 14.9. The molecule has 0 fully saturated rings. The first kappa shape index (κ1) is 20.9. The molecule has 1 amide bonds. The summed E-state index contributed by atoms with van der Waals surface area (Å²) in [7, 11) is 1.82. The molecule has 0 spiro atoms. The largest absolute Gasteiger partial charge is 0.490 e. The lowest BCUT2D eigenvalue weighted by Crippen LogP contribution is -2.36. The van der Waals surface area contributed by atoms with E-state index in [9.17, 15) is 9.18 Å². The maximum atomic E-state index is 14.7. The molecule has 2 aromatic carbocycles. The van der Waals surface area contributed by atoms with Gasteiger partial charge in [-0.1, -0.05) is 12.1 Å². The monoisotopic (exact) mass is 423 g/mol. The summed E-state index contributed by atoms with van der Waals surface area (Å²) in [5, 5.41) is 0. The molecule has 2 heterocycles. The minimum atomic E-state index is -0.328. The normalized spacial score (nSPS) is 13.2. The molecule has 1 aromatic heterocycles. The SMILES string of the molecule is CC(C)N(Cc1ccc(F)c(-c2ccc3c(c2)OCCCO3)c1)C(=O)c1cn(C)cn1. The van der Waals surface area contributed by atoms with Crippen LogP contribution in [0, 0.1) is 5.82 Å². The third-order valence-corrected chi connectivity index (χ3v) is 5.25. The standard InChI is InChI=1S/C24H26FN3O3/c1-16(2)28(24(29)21-14-27(3)15-26-21)13-17-5-7-20(25)19(11-17)18-6-8-22-23(12-18)31-10-4-9-30-22/h5-8,11-12,14-16H,4,9-10,13H2,1-3H3. The summed E-state index contributed by atoms with van der Waals surface area (Å²) in [6.07, 6.45) is 4.11. The van der Waals surface area contributed by atoms with Gasteiger partial charge < -0.3 is 18.9 Å². The summed E-state index contributed by atoms with van der Waals surface area (Å²) < 4.78 is 27.9. The molecule has 162 valence electrons. The van der Waals surface area contributed by atoms with Crippen molar-refractivity contribution in [2.45, 2.75) is 32.9 Å². The van der Waals surface area contributed by atoms with Crippen LogP contribution < -0.4 is 9.47 Å². The topological polar surface area (TPSA) is 56.6 Å². The Labute approximate surface area is 181 Å². The van der Waals surface area contributed by atoms with Crippen LogP contribution in [0.2, 0.25) is 0 Å². The molecule has 0 unspecified atom stereocenters. The molecular weight excluding hydrogens is 397 g/mol. The van der Waals surface area contributed by atoms with Gasteiger partial charge in [-0.2, -0.15) is 0 Å². The van der Waals surface area contributed by atoms with Crippen molar-refractivity contribution < 1.29 is 18.7 Å². The van der Waals surface area contributed by atoms with Gasteiger partial charge >= 0.3 is 0 Å². The zero-order chi connectivity index (χ0) is 22.0. The van der Waals surface area contributed by atoms with Crippen molar-refractivity contribution in [2.75, 3.05) is 13.2 Å². The van der Waals surface area contributed by atoms with Crippen molar-refractivity contribution in [3.8, 4) is 22.6 Å². The molecule has 7 heteroatoms. The highest BCUT2D eigenvalue weighted by Crippen LogP contribution is 2.35. The molecule has 0 aliphatic carbocycles. The van der Waals surface area contributed by atoms with E-state index in [-0.39, 0.29) is 17.8 Å². The van der Waals surface area contributed by atoms with Gasteiger partial charge in [-0.25, -0.2) is 9.37 Å². The number of ether oxygens (including phenoxy) is 2. The van der Waals surface area contributed by atoms with Gasteiger partial charge in [0.05, 0.1) is 19.5 Å². The van der Waals surface area contributed by atoms with Crippen LogP contribution in [-0.4, -0.2) is 39.6 Å². The highest BCUT2D eigenvalue weighted by molar-refractivity contribution is 5.92. The van der Waals surface area contributed by atoms with Crippen LogP contribution >= 0.6 is 0 Å². The minimum absolute atomic E-state index is 0.0407. The number of amides is 1.